The molecule has 0 spiro atoms. The summed E-state index contributed by atoms with van der Waals surface area (Å²) in [5, 5.41) is 0. The smallest absolute Gasteiger partial charge is 0.268 e. The Hall–Kier alpha value is -0.570. The van der Waals surface area contributed by atoms with Gasteiger partial charge >= 0.3 is 0 Å². The molecule has 1 aliphatic rings. The maximum Gasteiger partial charge on any atom is 0.268 e. The molecule has 1 N–H and O–H groups in total. The van der Waals surface area contributed by atoms with Crippen LogP contribution in [0.25, 0.3) is 0 Å². The third-order valence-electron chi connectivity index (χ3n) is 5.52. The summed E-state index contributed by atoms with van der Waals surface area (Å²) in [7, 11) is 0. The van der Waals surface area contributed by atoms with Crippen molar-refractivity contribution < 1.29 is 9.39 Å². The molecule has 118 valence electrons. The molecule has 0 aromatic heterocycles. The number of amides is 1. The summed E-state index contributed by atoms with van der Waals surface area (Å²) in [6.07, 6.45) is 3.55. The standard InChI is InChI=1S/C17H34N2O/c1-7-19(8-2,9-3)18-17(20)16-12-14(6)10-11-15(16)13(4)5/h13-16H,7-12H2,1-6H3/p+1/t14-,15+,16-/m1/s1. The molecule has 0 unspecified atom stereocenters. The largest absolute Gasteiger partial charge is 0.270 e. The van der Waals surface area contributed by atoms with Crippen molar-refractivity contribution in [3.63, 3.8) is 0 Å². The van der Waals surface area contributed by atoms with Gasteiger partial charge in [-0.05, 0) is 51.4 Å². The van der Waals surface area contributed by atoms with E-state index in [1.807, 2.05) is 0 Å². The first-order valence-electron chi connectivity index (χ1n) is 8.57. The number of rotatable bonds is 6. The van der Waals surface area contributed by atoms with Crippen LogP contribution in [-0.4, -0.2) is 30.1 Å². The molecule has 1 saturated carbocycles. The fourth-order valence-corrected chi connectivity index (χ4v) is 3.73. The first-order valence-corrected chi connectivity index (χ1v) is 8.57. The predicted molar refractivity (Wildman–Crippen MR) is 84.9 cm³/mol. The summed E-state index contributed by atoms with van der Waals surface area (Å²) in [6, 6.07) is 0. The van der Waals surface area contributed by atoms with E-state index in [1.54, 1.807) is 0 Å². The van der Waals surface area contributed by atoms with Crippen LogP contribution in [-0.2, 0) is 4.79 Å². The van der Waals surface area contributed by atoms with Crippen LogP contribution < -0.4 is 5.43 Å². The van der Waals surface area contributed by atoms with Crippen molar-refractivity contribution in [1.82, 2.24) is 5.43 Å². The van der Waals surface area contributed by atoms with Gasteiger partial charge in [0.1, 0.15) is 0 Å². The van der Waals surface area contributed by atoms with Crippen molar-refractivity contribution in [2.24, 2.45) is 23.7 Å². The van der Waals surface area contributed by atoms with Crippen LogP contribution in [0.2, 0.25) is 0 Å². The number of nitrogens with zero attached hydrogens (tertiary/aromatic N) is 1. The van der Waals surface area contributed by atoms with E-state index in [1.165, 1.54) is 12.8 Å². The molecule has 3 nitrogen and oxygen atoms in total. The number of hydrogen-bond acceptors (Lipinski definition) is 1. The molecule has 0 aromatic rings. The fraction of sp³-hybridized carbons (Fsp3) is 0.941. The molecule has 1 aliphatic carbocycles. The van der Waals surface area contributed by atoms with Crippen molar-refractivity contribution in [2.45, 2.75) is 60.8 Å². The Balaban J connectivity index is 2.81. The van der Waals surface area contributed by atoms with Gasteiger partial charge < -0.3 is 0 Å². The van der Waals surface area contributed by atoms with Crippen LogP contribution in [0.3, 0.4) is 0 Å². The van der Waals surface area contributed by atoms with Crippen molar-refractivity contribution in [3.05, 3.63) is 0 Å². The first-order chi connectivity index (χ1) is 9.39. The van der Waals surface area contributed by atoms with Gasteiger partial charge in [-0.15, -0.1) is 0 Å². The van der Waals surface area contributed by atoms with Gasteiger partial charge in [0.15, 0.2) is 0 Å². The molecule has 0 heterocycles. The highest BCUT2D eigenvalue weighted by molar-refractivity contribution is 5.78. The number of quaternary nitrogens is 1. The number of hydrogen-bond donors (Lipinski definition) is 1. The molecule has 0 bridgehead atoms. The van der Waals surface area contributed by atoms with E-state index in [2.05, 4.69) is 47.0 Å². The quantitative estimate of drug-likeness (QED) is 0.585. The van der Waals surface area contributed by atoms with E-state index >= 15 is 0 Å². The Labute approximate surface area is 125 Å². The Morgan fingerprint density at radius 1 is 1.15 bits per heavy atom. The zero-order valence-corrected chi connectivity index (χ0v) is 14.4. The Morgan fingerprint density at radius 2 is 1.70 bits per heavy atom. The minimum atomic E-state index is 0.209. The first kappa shape index (κ1) is 17.5. The maximum atomic E-state index is 12.8. The van der Waals surface area contributed by atoms with Crippen molar-refractivity contribution in [3.8, 4) is 0 Å². The molecule has 0 aliphatic heterocycles. The SMILES string of the molecule is CC[N+](CC)(CC)NC(=O)[C@@H]1C[C@H](C)CC[C@H]1C(C)C. The van der Waals surface area contributed by atoms with E-state index < -0.39 is 0 Å². The monoisotopic (exact) mass is 283 g/mol. The summed E-state index contributed by atoms with van der Waals surface area (Å²) < 4.78 is 0.717. The number of carbonyl (C=O) groups excluding carboxylic acids is 1. The average Bonchev–Trinajstić information content (AvgIpc) is 2.44. The summed E-state index contributed by atoms with van der Waals surface area (Å²) in [6.45, 7) is 16.2. The zero-order valence-electron chi connectivity index (χ0n) is 14.4. The molecule has 20 heavy (non-hydrogen) atoms. The highest BCUT2D eigenvalue weighted by Crippen LogP contribution is 2.38. The van der Waals surface area contributed by atoms with E-state index in [4.69, 9.17) is 0 Å². The summed E-state index contributed by atoms with van der Waals surface area (Å²) >= 11 is 0. The van der Waals surface area contributed by atoms with Gasteiger partial charge in [0.2, 0.25) is 0 Å². The van der Waals surface area contributed by atoms with Gasteiger partial charge in [0, 0.05) is 5.92 Å². The van der Waals surface area contributed by atoms with Gasteiger partial charge in [-0.2, -0.15) is 0 Å². The predicted octanol–water partition coefficient (Wildman–Crippen LogP) is 3.60. The lowest BCUT2D eigenvalue weighted by molar-refractivity contribution is -0.956. The van der Waals surface area contributed by atoms with E-state index in [0.29, 0.717) is 28.3 Å². The normalized spacial score (nSPS) is 27.6. The van der Waals surface area contributed by atoms with Gasteiger partial charge in [-0.25, -0.2) is 10.0 Å². The molecule has 1 rings (SSSR count). The van der Waals surface area contributed by atoms with Crippen molar-refractivity contribution in [2.75, 3.05) is 19.6 Å². The second-order valence-corrected chi connectivity index (χ2v) is 7.00. The van der Waals surface area contributed by atoms with E-state index in [9.17, 15) is 4.79 Å². The van der Waals surface area contributed by atoms with Crippen LogP contribution >= 0.6 is 0 Å². The lowest BCUT2D eigenvalue weighted by Crippen LogP contribution is -2.61. The second-order valence-electron chi connectivity index (χ2n) is 7.00. The molecule has 3 heteroatoms. The number of carbonyl (C=O) groups is 1. The third-order valence-corrected chi connectivity index (χ3v) is 5.52. The van der Waals surface area contributed by atoms with Crippen LogP contribution in [0, 0.1) is 23.7 Å². The molecular weight excluding hydrogens is 248 g/mol. The van der Waals surface area contributed by atoms with Gasteiger partial charge in [-0.3, -0.25) is 4.79 Å². The Bertz CT molecular complexity index is 302. The topological polar surface area (TPSA) is 29.1 Å². The summed E-state index contributed by atoms with van der Waals surface area (Å²) in [5.74, 6) is 2.35. The van der Waals surface area contributed by atoms with Crippen LogP contribution in [0.4, 0.5) is 0 Å². The molecule has 0 saturated heterocycles. The zero-order chi connectivity index (χ0) is 15.3. The van der Waals surface area contributed by atoms with Gasteiger partial charge in [0.25, 0.3) is 5.91 Å². The van der Waals surface area contributed by atoms with Crippen molar-refractivity contribution in [1.29, 1.82) is 0 Å². The fourth-order valence-electron chi connectivity index (χ4n) is 3.73. The molecular formula is C17H35N2O+. The van der Waals surface area contributed by atoms with Crippen LogP contribution in [0.15, 0.2) is 0 Å². The Kier molecular flexibility index (Phi) is 6.50. The van der Waals surface area contributed by atoms with Crippen LogP contribution in [0.5, 0.6) is 0 Å². The minimum Gasteiger partial charge on any atom is -0.270 e. The lowest BCUT2D eigenvalue weighted by Gasteiger charge is -2.40. The maximum absolute atomic E-state index is 12.8. The third kappa shape index (κ3) is 3.97. The highest BCUT2D eigenvalue weighted by atomic mass is 16.2. The average molecular weight is 283 g/mol. The van der Waals surface area contributed by atoms with E-state index in [0.717, 1.165) is 26.1 Å². The Morgan fingerprint density at radius 3 is 2.15 bits per heavy atom. The minimum absolute atomic E-state index is 0.209. The summed E-state index contributed by atoms with van der Waals surface area (Å²) in [5.41, 5.74) is 3.35. The highest BCUT2D eigenvalue weighted by Gasteiger charge is 2.38. The molecule has 0 aromatic carbocycles. The molecule has 3 atom stereocenters. The lowest BCUT2D eigenvalue weighted by atomic mass is 9.70. The molecule has 0 radical (unpaired) electrons. The number of nitrogens with one attached hydrogen (secondary N) is 1. The van der Waals surface area contributed by atoms with Crippen LogP contribution in [0.1, 0.15) is 60.8 Å². The molecule has 1 fully saturated rings. The molecule has 1 amide bonds. The summed E-state index contributed by atoms with van der Waals surface area (Å²) in [4.78, 5) is 12.8. The van der Waals surface area contributed by atoms with Crippen molar-refractivity contribution >= 4 is 5.91 Å². The van der Waals surface area contributed by atoms with Gasteiger partial charge in [-0.1, -0.05) is 27.2 Å². The van der Waals surface area contributed by atoms with Gasteiger partial charge in [0.05, 0.1) is 19.6 Å². The second kappa shape index (κ2) is 7.44. The van der Waals surface area contributed by atoms with E-state index in [-0.39, 0.29) is 5.92 Å².